The molecule has 28 heavy (non-hydrogen) atoms. The van der Waals surface area contributed by atoms with Crippen LogP contribution in [0.15, 0.2) is 36.4 Å². The van der Waals surface area contributed by atoms with Gasteiger partial charge in [0.1, 0.15) is 23.4 Å². The molecule has 1 fully saturated rings. The lowest BCUT2D eigenvalue weighted by atomic mass is 9.90. The molecule has 2 aliphatic rings. The van der Waals surface area contributed by atoms with E-state index in [4.69, 9.17) is 4.74 Å². The van der Waals surface area contributed by atoms with Gasteiger partial charge in [-0.3, -0.25) is 4.79 Å². The Labute approximate surface area is 160 Å². The Balaban J connectivity index is 1.52. The molecule has 3 N–H and O–H groups in total. The minimum absolute atomic E-state index is 0.219. The predicted octanol–water partition coefficient (Wildman–Crippen LogP) is 2.69. The number of carbonyl (C=O) groups is 2. The van der Waals surface area contributed by atoms with E-state index >= 15 is 0 Å². The van der Waals surface area contributed by atoms with Crippen molar-refractivity contribution in [1.29, 1.82) is 0 Å². The molecule has 2 aromatic rings. The summed E-state index contributed by atoms with van der Waals surface area (Å²) in [6.07, 6.45) is 1.63. The van der Waals surface area contributed by atoms with Crippen molar-refractivity contribution in [3.05, 3.63) is 59.2 Å². The topological polar surface area (TPSA) is 79.5 Å². The van der Waals surface area contributed by atoms with Crippen LogP contribution in [-0.4, -0.2) is 31.1 Å². The summed E-state index contributed by atoms with van der Waals surface area (Å²) in [5.74, 6) is -1.28. The number of carbonyl (C=O) groups excluding carboxylic acids is 2. The summed E-state index contributed by atoms with van der Waals surface area (Å²) in [6, 6.07) is 6.77. The fourth-order valence-electron chi connectivity index (χ4n) is 3.60. The number of nitrogens with one attached hydrogen (secondary N) is 3. The van der Waals surface area contributed by atoms with Crippen LogP contribution in [0.2, 0.25) is 0 Å². The zero-order chi connectivity index (χ0) is 19.7. The Bertz CT molecular complexity index is 918. The van der Waals surface area contributed by atoms with E-state index in [1.807, 2.05) is 0 Å². The summed E-state index contributed by atoms with van der Waals surface area (Å²) >= 11 is 0. The van der Waals surface area contributed by atoms with Gasteiger partial charge in [-0.15, -0.1) is 0 Å². The zero-order valence-corrected chi connectivity index (χ0v) is 14.9. The number of hydrogen-bond acceptors (Lipinski definition) is 3. The number of aryl methyl sites for hydroxylation is 1. The molecule has 3 amide bonds. The molecule has 2 aliphatic heterocycles. The molecule has 0 radical (unpaired) electrons. The van der Waals surface area contributed by atoms with E-state index in [2.05, 4.69) is 16.0 Å². The first-order valence-electron chi connectivity index (χ1n) is 9.07. The molecule has 1 saturated heterocycles. The minimum atomic E-state index is -0.919. The highest BCUT2D eigenvalue weighted by atomic mass is 19.1. The molecule has 0 bridgehead atoms. The Morgan fingerprint density at radius 3 is 2.75 bits per heavy atom. The number of ether oxygens (including phenoxy) is 1. The quantitative estimate of drug-likeness (QED) is 0.758. The lowest BCUT2D eigenvalue weighted by molar-refractivity contribution is -0.120. The number of fused-ring (bicyclic) bond motifs is 1. The molecule has 2 heterocycles. The van der Waals surface area contributed by atoms with Crippen molar-refractivity contribution in [2.45, 2.75) is 24.8 Å². The van der Waals surface area contributed by atoms with Crippen molar-refractivity contribution in [3.8, 4) is 5.75 Å². The van der Waals surface area contributed by atoms with Crippen molar-refractivity contribution in [2.75, 3.05) is 18.5 Å². The third kappa shape index (κ3) is 3.62. The van der Waals surface area contributed by atoms with Crippen LogP contribution in [0, 0.1) is 11.6 Å². The second-order valence-corrected chi connectivity index (χ2v) is 6.87. The van der Waals surface area contributed by atoms with Crippen LogP contribution < -0.4 is 20.7 Å². The van der Waals surface area contributed by atoms with Gasteiger partial charge in [-0.25, -0.2) is 13.6 Å². The molecule has 0 aliphatic carbocycles. The first-order chi connectivity index (χ1) is 13.5. The first kappa shape index (κ1) is 18.2. The molecule has 0 spiro atoms. The molecule has 2 atom stereocenters. The summed E-state index contributed by atoms with van der Waals surface area (Å²) in [7, 11) is 0. The minimum Gasteiger partial charge on any atom is -0.493 e. The lowest BCUT2D eigenvalue weighted by Crippen LogP contribution is -2.44. The fourth-order valence-corrected chi connectivity index (χ4v) is 3.60. The van der Waals surface area contributed by atoms with Gasteiger partial charge in [0.2, 0.25) is 5.91 Å². The normalized spacial score (nSPS) is 20.7. The third-order valence-corrected chi connectivity index (χ3v) is 5.00. The predicted molar refractivity (Wildman–Crippen MR) is 98.3 cm³/mol. The van der Waals surface area contributed by atoms with Crippen LogP contribution >= 0.6 is 0 Å². The molecule has 146 valence electrons. The average Bonchev–Trinajstić information content (AvgIpc) is 3.03. The van der Waals surface area contributed by atoms with Gasteiger partial charge >= 0.3 is 6.03 Å². The van der Waals surface area contributed by atoms with E-state index in [0.717, 1.165) is 18.4 Å². The number of urea groups is 1. The van der Waals surface area contributed by atoms with Crippen molar-refractivity contribution >= 4 is 17.6 Å². The van der Waals surface area contributed by atoms with Crippen LogP contribution in [0.3, 0.4) is 0 Å². The van der Waals surface area contributed by atoms with Crippen LogP contribution in [-0.2, 0) is 11.2 Å². The number of amides is 3. The van der Waals surface area contributed by atoms with Gasteiger partial charge in [0, 0.05) is 24.2 Å². The maximum atomic E-state index is 14.7. The average molecular weight is 387 g/mol. The number of benzene rings is 2. The maximum Gasteiger partial charge on any atom is 0.319 e. The largest absolute Gasteiger partial charge is 0.493 e. The van der Waals surface area contributed by atoms with E-state index in [0.29, 0.717) is 23.6 Å². The van der Waals surface area contributed by atoms with Crippen molar-refractivity contribution in [3.63, 3.8) is 0 Å². The maximum absolute atomic E-state index is 14.7. The lowest BCUT2D eigenvalue weighted by Gasteiger charge is -2.23. The molecule has 0 unspecified atom stereocenters. The second-order valence-electron chi connectivity index (χ2n) is 6.87. The molecule has 8 heteroatoms. The fraction of sp³-hybridized carbons (Fsp3) is 0.300. The molecular formula is C20H19F2N3O3. The molecule has 0 aromatic heterocycles. The molecule has 2 aromatic carbocycles. The highest BCUT2D eigenvalue weighted by Gasteiger charge is 2.38. The van der Waals surface area contributed by atoms with Crippen molar-refractivity contribution in [1.82, 2.24) is 10.6 Å². The molecular weight excluding hydrogens is 368 g/mol. The summed E-state index contributed by atoms with van der Waals surface area (Å²) in [5.41, 5.74) is 1.65. The van der Waals surface area contributed by atoms with Gasteiger partial charge < -0.3 is 20.7 Å². The van der Waals surface area contributed by atoms with Crippen LogP contribution in [0.1, 0.15) is 23.5 Å². The number of rotatable bonds is 3. The molecule has 6 nitrogen and oxygen atoms in total. The van der Waals surface area contributed by atoms with E-state index in [1.165, 1.54) is 30.3 Å². The SMILES string of the molecule is O=C(Nc1ccc(F)cc1)N[C@@H]1C(=O)NC[C@H]1c1cc2c(cc1F)OCCC2. The smallest absolute Gasteiger partial charge is 0.319 e. The zero-order valence-electron chi connectivity index (χ0n) is 14.9. The number of anilines is 1. The molecule has 0 saturated carbocycles. The van der Waals surface area contributed by atoms with Gasteiger partial charge in [0.05, 0.1) is 6.61 Å². The Hall–Kier alpha value is -3.16. The third-order valence-electron chi connectivity index (χ3n) is 5.00. The summed E-state index contributed by atoms with van der Waals surface area (Å²) in [5, 5.41) is 7.81. The van der Waals surface area contributed by atoms with Gasteiger partial charge in [0.15, 0.2) is 0 Å². The van der Waals surface area contributed by atoms with Crippen LogP contribution in [0.4, 0.5) is 19.3 Å². The summed E-state index contributed by atoms with van der Waals surface area (Å²) in [4.78, 5) is 24.5. The first-order valence-corrected chi connectivity index (χ1v) is 9.07. The van der Waals surface area contributed by atoms with E-state index in [-0.39, 0.29) is 12.5 Å². The standard InChI is InChI=1S/C20H19F2N3O3/c21-12-3-5-13(6-4-12)24-20(27)25-18-15(10-23-19(18)26)14-8-11-2-1-7-28-17(11)9-16(14)22/h3-6,8-9,15,18H,1-2,7,10H2,(H,23,26)(H2,24,25,27)/t15-,18-/m0/s1. The number of hydrogen-bond donors (Lipinski definition) is 3. The van der Waals surface area contributed by atoms with Crippen LogP contribution in [0.5, 0.6) is 5.75 Å². The van der Waals surface area contributed by atoms with Crippen molar-refractivity contribution < 1.29 is 23.1 Å². The Morgan fingerprint density at radius 2 is 1.96 bits per heavy atom. The highest BCUT2D eigenvalue weighted by molar-refractivity contribution is 5.95. The second kappa shape index (κ2) is 7.46. The molecule has 4 rings (SSSR count). The Morgan fingerprint density at radius 1 is 1.18 bits per heavy atom. The van der Waals surface area contributed by atoms with Crippen molar-refractivity contribution in [2.24, 2.45) is 0 Å². The summed E-state index contributed by atoms with van der Waals surface area (Å²) < 4.78 is 33.1. The Kier molecular flexibility index (Phi) is 4.85. The van der Waals surface area contributed by atoms with Gasteiger partial charge in [-0.05, 0) is 54.3 Å². The van der Waals surface area contributed by atoms with Crippen LogP contribution in [0.25, 0.3) is 0 Å². The van der Waals surface area contributed by atoms with E-state index in [1.54, 1.807) is 6.07 Å². The highest BCUT2D eigenvalue weighted by Crippen LogP contribution is 2.33. The van der Waals surface area contributed by atoms with E-state index in [9.17, 15) is 18.4 Å². The summed E-state index contributed by atoms with van der Waals surface area (Å²) in [6.45, 7) is 0.778. The van der Waals surface area contributed by atoms with E-state index < -0.39 is 29.6 Å². The number of halogens is 2. The van der Waals surface area contributed by atoms with Gasteiger partial charge in [-0.2, -0.15) is 0 Å². The van der Waals surface area contributed by atoms with Gasteiger partial charge in [-0.1, -0.05) is 0 Å². The van der Waals surface area contributed by atoms with Gasteiger partial charge in [0.25, 0.3) is 0 Å². The monoisotopic (exact) mass is 387 g/mol.